The van der Waals surface area contributed by atoms with Crippen LogP contribution in [-0.2, 0) is 0 Å². The van der Waals surface area contributed by atoms with E-state index in [1.807, 2.05) is 6.92 Å². The minimum absolute atomic E-state index is 0.0306. The first-order valence-corrected chi connectivity index (χ1v) is 6.43. The van der Waals surface area contributed by atoms with Gasteiger partial charge in [-0.15, -0.1) is 0 Å². The maximum atomic E-state index is 13.9. The van der Waals surface area contributed by atoms with Gasteiger partial charge in [-0.1, -0.05) is 6.92 Å². The second-order valence-corrected chi connectivity index (χ2v) is 5.01. The molecule has 0 bridgehead atoms. The zero-order chi connectivity index (χ0) is 13.1. The van der Waals surface area contributed by atoms with Crippen LogP contribution in [-0.4, -0.2) is 29.7 Å². The van der Waals surface area contributed by atoms with E-state index in [1.165, 1.54) is 6.07 Å². The van der Waals surface area contributed by atoms with E-state index in [2.05, 4.69) is 4.90 Å². The van der Waals surface area contributed by atoms with Crippen LogP contribution in [0.15, 0.2) is 18.2 Å². The molecule has 2 unspecified atom stereocenters. The number of hydrogen-bond acceptors (Lipinski definition) is 2. The molecule has 0 saturated carbocycles. The summed E-state index contributed by atoms with van der Waals surface area (Å²) < 4.78 is 27.2. The smallest absolute Gasteiger partial charge is 0.128 e. The van der Waals surface area contributed by atoms with Crippen LogP contribution in [0.1, 0.15) is 31.4 Å². The molecule has 1 aliphatic rings. The number of nitrogens with zero attached hydrogens (tertiary/aromatic N) is 1. The van der Waals surface area contributed by atoms with Crippen molar-refractivity contribution in [3.63, 3.8) is 0 Å². The van der Waals surface area contributed by atoms with Crippen LogP contribution in [0.4, 0.5) is 8.78 Å². The molecule has 1 aliphatic heterocycles. The molecule has 1 aromatic carbocycles. The fourth-order valence-electron chi connectivity index (χ4n) is 2.72. The molecule has 1 heterocycles. The minimum atomic E-state index is -0.430. The quantitative estimate of drug-likeness (QED) is 0.894. The number of aliphatic hydroxyl groups excluding tert-OH is 1. The zero-order valence-electron chi connectivity index (χ0n) is 10.6. The summed E-state index contributed by atoms with van der Waals surface area (Å²) in [4.78, 5) is 2.14. The predicted molar refractivity (Wildman–Crippen MR) is 66.2 cm³/mol. The van der Waals surface area contributed by atoms with Crippen LogP contribution in [0.2, 0.25) is 0 Å². The van der Waals surface area contributed by atoms with E-state index in [1.54, 1.807) is 0 Å². The Kier molecular flexibility index (Phi) is 4.30. The average molecular weight is 255 g/mol. The van der Waals surface area contributed by atoms with Crippen molar-refractivity contribution in [2.45, 2.75) is 25.8 Å². The topological polar surface area (TPSA) is 23.5 Å². The van der Waals surface area contributed by atoms with Crippen molar-refractivity contribution in [2.75, 3.05) is 19.7 Å². The molecule has 2 rings (SSSR count). The normalized spacial score (nSPS) is 20.0. The third-order valence-electron chi connectivity index (χ3n) is 3.64. The van der Waals surface area contributed by atoms with Gasteiger partial charge in [-0.3, -0.25) is 4.90 Å². The van der Waals surface area contributed by atoms with E-state index >= 15 is 0 Å². The van der Waals surface area contributed by atoms with Gasteiger partial charge in [0.2, 0.25) is 0 Å². The fourth-order valence-corrected chi connectivity index (χ4v) is 2.72. The highest BCUT2D eigenvalue weighted by molar-refractivity contribution is 5.23. The molecule has 0 radical (unpaired) electrons. The second kappa shape index (κ2) is 5.76. The highest BCUT2D eigenvalue weighted by Gasteiger charge is 2.30. The van der Waals surface area contributed by atoms with Crippen molar-refractivity contribution >= 4 is 0 Å². The molecule has 100 valence electrons. The van der Waals surface area contributed by atoms with E-state index in [0.29, 0.717) is 5.56 Å². The molecule has 1 saturated heterocycles. The summed E-state index contributed by atoms with van der Waals surface area (Å²) in [6.07, 6.45) is 2.15. The fraction of sp³-hybridized carbons (Fsp3) is 0.571. The van der Waals surface area contributed by atoms with Gasteiger partial charge in [0.1, 0.15) is 11.6 Å². The van der Waals surface area contributed by atoms with Gasteiger partial charge in [-0.05, 0) is 50.0 Å². The summed E-state index contributed by atoms with van der Waals surface area (Å²) >= 11 is 0. The molecule has 1 N–H and O–H groups in total. The third-order valence-corrected chi connectivity index (χ3v) is 3.64. The van der Waals surface area contributed by atoms with E-state index in [0.717, 1.165) is 38.1 Å². The Morgan fingerprint density at radius 3 is 2.56 bits per heavy atom. The van der Waals surface area contributed by atoms with Gasteiger partial charge in [0.05, 0.1) is 0 Å². The van der Waals surface area contributed by atoms with Gasteiger partial charge in [0, 0.05) is 18.2 Å². The minimum Gasteiger partial charge on any atom is -0.396 e. The number of hydrogen-bond donors (Lipinski definition) is 1. The maximum Gasteiger partial charge on any atom is 0.128 e. The molecule has 2 nitrogen and oxygen atoms in total. The van der Waals surface area contributed by atoms with Crippen LogP contribution in [0, 0.1) is 17.6 Å². The summed E-state index contributed by atoms with van der Waals surface area (Å²) in [6.45, 7) is 3.60. The Morgan fingerprint density at radius 2 is 1.94 bits per heavy atom. The molecule has 4 heteroatoms. The van der Waals surface area contributed by atoms with Crippen molar-refractivity contribution in [3.8, 4) is 0 Å². The number of halogens is 2. The summed E-state index contributed by atoms with van der Waals surface area (Å²) in [6, 6.07) is 3.31. The van der Waals surface area contributed by atoms with Gasteiger partial charge >= 0.3 is 0 Å². The van der Waals surface area contributed by atoms with Crippen molar-refractivity contribution in [1.29, 1.82) is 0 Å². The molecule has 18 heavy (non-hydrogen) atoms. The molecule has 1 aromatic rings. The van der Waals surface area contributed by atoms with E-state index in [-0.39, 0.29) is 18.6 Å². The summed E-state index contributed by atoms with van der Waals surface area (Å²) in [5, 5.41) is 9.34. The molecule has 0 aliphatic carbocycles. The zero-order valence-corrected chi connectivity index (χ0v) is 10.6. The molecular formula is C14H19F2NO. The summed E-state index contributed by atoms with van der Waals surface area (Å²) in [7, 11) is 0. The van der Waals surface area contributed by atoms with Crippen molar-refractivity contribution in [1.82, 2.24) is 4.90 Å². The molecule has 0 spiro atoms. The lowest BCUT2D eigenvalue weighted by Gasteiger charge is -2.32. The van der Waals surface area contributed by atoms with Crippen LogP contribution in [0.25, 0.3) is 0 Å². The molecule has 1 fully saturated rings. The summed E-state index contributed by atoms with van der Waals surface area (Å²) in [5.41, 5.74) is 0.360. The Hall–Kier alpha value is -1.00. The largest absolute Gasteiger partial charge is 0.396 e. The van der Waals surface area contributed by atoms with Gasteiger partial charge in [0.15, 0.2) is 0 Å². The Bertz CT molecular complexity index is 405. The van der Waals surface area contributed by atoms with E-state index < -0.39 is 11.6 Å². The second-order valence-electron chi connectivity index (χ2n) is 5.01. The Morgan fingerprint density at radius 1 is 1.28 bits per heavy atom. The first kappa shape index (κ1) is 13.4. The number of aliphatic hydroxyl groups is 1. The monoisotopic (exact) mass is 255 g/mol. The lowest BCUT2D eigenvalue weighted by Crippen LogP contribution is -2.32. The highest BCUT2D eigenvalue weighted by Crippen LogP contribution is 2.33. The third kappa shape index (κ3) is 2.70. The van der Waals surface area contributed by atoms with Crippen molar-refractivity contribution in [2.24, 2.45) is 5.92 Å². The SMILES string of the molecule is CC(CO)C(c1cc(F)ccc1F)N1CCCC1. The summed E-state index contributed by atoms with van der Waals surface area (Å²) in [5.74, 6) is -0.936. The van der Waals surface area contributed by atoms with Crippen molar-refractivity contribution in [3.05, 3.63) is 35.4 Å². The lowest BCUT2D eigenvalue weighted by molar-refractivity contribution is 0.123. The van der Waals surface area contributed by atoms with Gasteiger partial charge < -0.3 is 5.11 Å². The Labute approximate surface area is 106 Å². The van der Waals surface area contributed by atoms with Crippen LogP contribution in [0.3, 0.4) is 0 Å². The molecule has 0 aromatic heterocycles. The number of rotatable bonds is 4. The van der Waals surface area contributed by atoms with Gasteiger partial charge in [0.25, 0.3) is 0 Å². The standard InChI is InChI=1S/C14H19F2NO/c1-10(9-18)14(17-6-2-3-7-17)12-8-11(15)4-5-13(12)16/h4-5,8,10,14,18H,2-3,6-7,9H2,1H3. The van der Waals surface area contributed by atoms with E-state index in [4.69, 9.17) is 0 Å². The molecule has 0 amide bonds. The van der Waals surface area contributed by atoms with Gasteiger partial charge in [-0.25, -0.2) is 8.78 Å². The molecular weight excluding hydrogens is 236 g/mol. The predicted octanol–water partition coefficient (Wildman–Crippen LogP) is 2.73. The first-order valence-electron chi connectivity index (χ1n) is 6.43. The first-order chi connectivity index (χ1) is 8.63. The lowest BCUT2D eigenvalue weighted by atomic mass is 9.93. The van der Waals surface area contributed by atoms with Crippen LogP contribution >= 0.6 is 0 Å². The number of likely N-dealkylation sites (tertiary alicyclic amines) is 1. The maximum absolute atomic E-state index is 13.9. The molecule has 2 atom stereocenters. The Balaban J connectivity index is 2.35. The van der Waals surface area contributed by atoms with Crippen LogP contribution < -0.4 is 0 Å². The number of benzene rings is 1. The highest BCUT2D eigenvalue weighted by atomic mass is 19.1. The van der Waals surface area contributed by atoms with Crippen LogP contribution in [0.5, 0.6) is 0 Å². The average Bonchev–Trinajstić information content (AvgIpc) is 2.87. The van der Waals surface area contributed by atoms with Gasteiger partial charge in [-0.2, -0.15) is 0 Å². The van der Waals surface area contributed by atoms with E-state index in [9.17, 15) is 13.9 Å². The van der Waals surface area contributed by atoms with Crippen molar-refractivity contribution < 1.29 is 13.9 Å².